The van der Waals surface area contributed by atoms with Crippen LogP contribution in [0.5, 0.6) is 0 Å². The second-order valence-corrected chi connectivity index (χ2v) is 6.11. The molecule has 0 saturated heterocycles. The van der Waals surface area contributed by atoms with Crippen molar-refractivity contribution in [3.63, 3.8) is 0 Å². The molecule has 0 atom stereocenters. The Kier molecular flexibility index (Phi) is 4.68. The molecule has 0 aliphatic rings. The lowest BCUT2D eigenvalue weighted by molar-refractivity contribution is -0.127. The molecule has 0 aliphatic heterocycles. The fourth-order valence-corrected chi connectivity index (χ4v) is 2.99. The largest absolute Gasteiger partial charge is 0.360 e. The van der Waals surface area contributed by atoms with Gasteiger partial charge < -0.3 is 5.32 Å². The first kappa shape index (κ1) is 15.6. The van der Waals surface area contributed by atoms with E-state index < -0.39 is 5.91 Å². The number of pyridine rings is 1. The van der Waals surface area contributed by atoms with Crippen molar-refractivity contribution < 1.29 is 10.0 Å². The number of aryl methyl sites for hydroxylation is 1. The zero-order chi connectivity index (χ0) is 16.2. The number of imidazole rings is 1. The molecule has 0 fully saturated rings. The minimum absolute atomic E-state index is 0.0141. The first-order chi connectivity index (χ1) is 11.2. The van der Waals surface area contributed by atoms with Crippen molar-refractivity contribution in [1.82, 2.24) is 14.9 Å². The molecule has 0 unspecified atom stereocenters. The van der Waals surface area contributed by atoms with Gasteiger partial charge >= 0.3 is 0 Å². The summed E-state index contributed by atoms with van der Waals surface area (Å²) in [4.78, 5) is 16.1. The molecule has 0 bridgehead atoms. The molecule has 3 N–H and O–H groups in total. The van der Waals surface area contributed by atoms with Gasteiger partial charge in [-0.1, -0.05) is 18.2 Å². The number of carbonyl (C=O) groups is 1. The Morgan fingerprint density at radius 3 is 2.91 bits per heavy atom. The molecular formula is C16H18N4O2S. The zero-order valence-corrected chi connectivity index (χ0v) is 13.6. The number of aromatic nitrogens is 2. The monoisotopic (exact) mass is 330 g/mol. The molecule has 7 heteroatoms. The highest BCUT2D eigenvalue weighted by molar-refractivity contribution is 7.98. The summed E-state index contributed by atoms with van der Waals surface area (Å²) in [7, 11) is 0. The van der Waals surface area contributed by atoms with Crippen LogP contribution >= 0.6 is 11.8 Å². The number of nitrogens with zero attached hydrogens (tertiary/aromatic N) is 2. The summed E-state index contributed by atoms with van der Waals surface area (Å²) in [6.45, 7) is -0.0141. The molecule has 23 heavy (non-hydrogen) atoms. The van der Waals surface area contributed by atoms with Crippen LogP contribution in [0, 0.1) is 0 Å². The van der Waals surface area contributed by atoms with E-state index in [1.165, 1.54) is 0 Å². The average molecular weight is 330 g/mol. The van der Waals surface area contributed by atoms with Crippen molar-refractivity contribution in [3.8, 4) is 0 Å². The molecular weight excluding hydrogens is 312 g/mol. The Balaban J connectivity index is 2.13. The number of nitrogens with one attached hydrogen (secondary N) is 2. The highest BCUT2D eigenvalue weighted by atomic mass is 32.2. The van der Waals surface area contributed by atoms with Crippen molar-refractivity contribution in [2.45, 2.75) is 6.42 Å². The third-order valence-corrected chi connectivity index (χ3v) is 4.26. The molecule has 1 aromatic carbocycles. The van der Waals surface area contributed by atoms with Gasteiger partial charge in [-0.25, -0.2) is 10.5 Å². The van der Waals surface area contributed by atoms with Gasteiger partial charge in [-0.2, -0.15) is 11.8 Å². The first-order valence-electron chi connectivity index (χ1n) is 7.29. The van der Waals surface area contributed by atoms with E-state index in [0.717, 1.165) is 40.2 Å². The maximum absolute atomic E-state index is 11.4. The Morgan fingerprint density at radius 2 is 2.13 bits per heavy atom. The van der Waals surface area contributed by atoms with E-state index in [1.807, 2.05) is 40.8 Å². The van der Waals surface area contributed by atoms with Gasteiger partial charge in [-0.15, -0.1) is 0 Å². The van der Waals surface area contributed by atoms with Gasteiger partial charge in [0.15, 0.2) is 0 Å². The predicted molar refractivity (Wildman–Crippen MR) is 93.2 cm³/mol. The average Bonchev–Trinajstić information content (AvgIpc) is 2.95. The maximum atomic E-state index is 11.4. The van der Waals surface area contributed by atoms with E-state index in [1.54, 1.807) is 17.2 Å². The van der Waals surface area contributed by atoms with Crippen molar-refractivity contribution in [1.29, 1.82) is 0 Å². The number of anilines is 1. The Bertz CT molecular complexity index is 847. The van der Waals surface area contributed by atoms with Gasteiger partial charge in [-0.3, -0.25) is 14.4 Å². The summed E-state index contributed by atoms with van der Waals surface area (Å²) in [5.74, 6) is 1.26. The Morgan fingerprint density at radius 1 is 1.30 bits per heavy atom. The molecule has 2 heterocycles. The van der Waals surface area contributed by atoms with Crippen LogP contribution in [0.15, 0.2) is 36.4 Å². The summed E-state index contributed by atoms with van der Waals surface area (Å²) in [6, 6.07) is 12.1. The normalized spacial score (nSPS) is 11.0. The molecule has 3 rings (SSSR count). The molecule has 1 amide bonds. The highest BCUT2D eigenvalue weighted by Gasteiger charge is 2.14. The van der Waals surface area contributed by atoms with Gasteiger partial charge in [0.2, 0.25) is 0 Å². The van der Waals surface area contributed by atoms with E-state index in [-0.39, 0.29) is 6.54 Å². The van der Waals surface area contributed by atoms with Crippen LogP contribution in [-0.2, 0) is 11.2 Å². The summed E-state index contributed by atoms with van der Waals surface area (Å²) >= 11 is 1.75. The van der Waals surface area contributed by atoms with E-state index in [9.17, 15) is 4.79 Å². The summed E-state index contributed by atoms with van der Waals surface area (Å²) < 4.78 is 2.02. The van der Waals surface area contributed by atoms with Gasteiger partial charge in [-0.05, 0) is 35.6 Å². The number of amides is 1. The van der Waals surface area contributed by atoms with Crippen LogP contribution in [0.25, 0.3) is 16.6 Å². The lowest BCUT2D eigenvalue weighted by atomic mass is 10.2. The van der Waals surface area contributed by atoms with Crippen molar-refractivity contribution in [2.75, 3.05) is 23.9 Å². The van der Waals surface area contributed by atoms with E-state index in [4.69, 9.17) is 10.2 Å². The van der Waals surface area contributed by atoms with Gasteiger partial charge in [0.25, 0.3) is 5.91 Å². The van der Waals surface area contributed by atoms with Gasteiger partial charge in [0.1, 0.15) is 11.5 Å². The number of benzene rings is 1. The highest BCUT2D eigenvalue weighted by Crippen LogP contribution is 2.25. The fourth-order valence-electron chi connectivity index (χ4n) is 2.59. The lowest BCUT2D eigenvalue weighted by Gasteiger charge is -2.09. The van der Waals surface area contributed by atoms with Crippen LogP contribution < -0.4 is 10.8 Å². The van der Waals surface area contributed by atoms with Crippen LogP contribution in [-0.4, -0.2) is 39.1 Å². The summed E-state index contributed by atoms with van der Waals surface area (Å²) in [5, 5.41) is 12.9. The minimum Gasteiger partial charge on any atom is -0.360 e. The lowest BCUT2D eigenvalue weighted by Crippen LogP contribution is -2.27. The predicted octanol–water partition coefficient (Wildman–Crippen LogP) is 2.31. The number of hydrogen-bond donors (Lipinski definition) is 3. The molecule has 6 nitrogen and oxygen atoms in total. The van der Waals surface area contributed by atoms with E-state index >= 15 is 0 Å². The summed E-state index contributed by atoms with van der Waals surface area (Å²) in [6.07, 6.45) is 2.86. The third-order valence-electron chi connectivity index (χ3n) is 3.65. The molecule has 2 aromatic heterocycles. The van der Waals surface area contributed by atoms with Crippen molar-refractivity contribution >= 4 is 40.0 Å². The number of para-hydroxylation sites is 1. The Hall–Kier alpha value is -2.25. The zero-order valence-electron chi connectivity index (χ0n) is 12.7. The number of hydrogen-bond acceptors (Lipinski definition) is 5. The number of hydroxylamine groups is 1. The van der Waals surface area contributed by atoms with Crippen LogP contribution in [0.1, 0.15) is 5.69 Å². The molecule has 3 aromatic rings. The molecule has 0 spiro atoms. The number of rotatable bonds is 6. The number of carbonyl (C=O) groups excluding carboxylic acids is 1. The third kappa shape index (κ3) is 3.11. The van der Waals surface area contributed by atoms with Crippen LogP contribution in [0.3, 0.4) is 0 Å². The number of thioether (sulfide) groups is 1. The molecule has 0 aliphatic carbocycles. The van der Waals surface area contributed by atoms with Gasteiger partial charge in [0.05, 0.1) is 17.8 Å². The maximum Gasteiger partial charge on any atom is 0.262 e. The van der Waals surface area contributed by atoms with Crippen LogP contribution in [0.2, 0.25) is 0 Å². The molecule has 120 valence electrons. The second-order valence-electron chi connectivity index (χ2n) is 5.12. The number of fused-ring (bicyclic) bond motifs is 3. The SMILES string of the molecule is CSCCc1nc2ccc3ccccc3n2c1NCC(=O)NO. The quantitative estimate of drug-likeness (QED) is 0.477. The topological polar surface area (TPSA) is 78.7 Å². The minimum atomic E-state index is -0.490. The van der Waals surface area contributed by atoms with E-state index in [0.29, 0.717) is 0 Å². The Labute approximate surface area is 137 Å². The van der Waals surface area contributed by atoms with Crippen LogP contribution in [0.4, 0.5) is 5.82 Å². The van der Waals surface area contributed by atoms with Crippen molar-refractivity contribution in [2.24, 2.45) is 0 Å². The smallest absolute Gasteiger partial charge is 0.262 e. The van der Waals surface area contributed by atoms with E-state index in [2.05, 4.69) is 11.6 Å². The summed E-state index contributed by atoms with van der Waals surface area (Å²) in [5.41, 5.74) is 4.43. The first-order valence-corrected chi connectivity index (χ1v) is 8.69. The van der Waals surface area contributed by atoms with Gasteiger partial charge in [0, 0.05) is 6.42 Å². The second kappa shape index (κ2) is 6.89. The van der Waals surface area contributed by atoms with Crippen molar-refractivity contribution in [3.05, 3.63) is 42.1 Å². The fraction of sp³-hybridized carbons (Fsp3) is 0.250. The molecule has 0 radical (unpaired) electrons. The molecule has 0 saturated carbocycles. The standard InChI is InChI=1S/C16H18N4O2S/c1-23-9-8-12-16(17-10-15(21)19-22)20-13-5-3-2-4-11(13)6-7-14(20)18-12/h2-7,17,22H,8-10H2,1H3,(H,19,21).